The Morgan fingerprint density at radius 2 is 1.78 bits per heavy atom. The largest absolute Gasteiger partial charge is 0.372 e. The van der Waals surface area contributed by atoms with E-state index < -0.39 is 0 Å². The molecule has 1 aromatic heterocycles. The fraction of sp³-hybridized carbons (Fsp3) is 0.500. The molecule has 0 unspecified atom stereocenters. The third-order valence-electron chi connectivity index (χ3n) is 4.96. The van der Waals surface area contributed by atoms with Crippen molar-refractivity contribution in [2.75, 3.05) is 18.0 Å². The maximum absolute atomic E-state index is 13.0. The molecule has 0 bridgehead atoms. The first kappa shape index (κ1) is 16.3. The second-order valence-electron chi connectivity index (χ2n) is 6.70. The first-order chi connectivity index (χ1) is 10.8. The smallest absolute Gasteiger partial charge is 0.123 e. The molecule has 2 aliphatic rings. The summed E-state index contributed by atoms with van der Waals surface area (Å²) < 4.78 is 13.0. The summed E-state index contributed by atoms with van der Waals surface area (Å²) in [4.78, 5) is 2.36. The van der Waals surface area contributed by atoms with Crippen molar-refractivity contribution in [1.29, 1.82) is 0 Å². The zero-order valence-electron chi connectivity index (χ0n) is 13.2. The van der Waals surface area contributed by atoms with Crippen LogP contribution in [0.5, 0.6) is 0 Å². The number of aromatic nitrogens is 2. The molecule has 2 fully saturated rings. The van der Waals surface area contributed by atoms with Gasteiger partial charge in [-0.05, 0) is 68.4 Å². The Bertz CT molecular complexity index is 628. The van der Waals surface area contributed by atoms with Gasteiger partial charge in [0.05, 0.1) is 5.69 Å². The fourth-order valence-electron chi connectivity index (χ4n) is 3.43. The van der Waals surface area contributed by atoms with Crippen molar-refractivity contribution in [2.45, 2.75) is 38.0 Å². The van der Waals surface area contributed by atoms with Gasteiger partial charge < -0.3 is 4.90 Å². The Morgan fingerprint density at radius 3 is 2.43 bits per heavy atom. The Balaban J connectivity index is 0.00000156. The average molecular weight is 336 g/mol. The predicted molar refractivity (Wildman–Crippen MR) is 92.9 cm³/mol. The van der Waals surface area contributed by atoms with Crippen LogP contribution in [0, 0.1) is 11.7 Å². The van der Waals surface area contributed by atoms with Crippen LogP contribution in [0.4, 0.5) is 10.1 Å². The van der Waals surface area contributed by atoms with Crippen LogP contribution in [0.2, 0.25) is 0 Å². The summed E-state index contributed by atoms with van der Waals surface area (Å²) in [5.41, 5.74) is 3.69. The minimum absolute atomic E-state index is 0. The highest BCUT2D eigenvalue weighted by atomic mass is 35.5. The zero-order valence-corrected chi connectivity index (χ0v) is 14.0. The highest BCUT2D eigenvalue weighted by molar-refractivity contribution is 5.85. The van der Waals surface area contributed by atoms with Gasteiger partial charge in [0.25, 0.3) is 0 Å². The van der Waals surface area contributed by atoms with Gasteiger partial charge in [0.15, 0.2) is 0 Å². The first-order valence-corrected chi connectivity index (χ1v) is 8.32. The molecule has 1 N–H and O–H groups in total. The molecule has 1 aromatic carbocycles. The van der Waals surface area contributed by atoms with Crippen molar-refractivity contribution in [1.82, 2.24) is 10.2 Å². The minimum atomic E-state index is -0.163. The zero-order chi connectivity index (χ0) is 14.9. The monoisotopic (exact) mass is 335 g/mol. The summed E-state index contributed by atoms with van der Waals surface area (Å²) in [7, 11) is 0. The lowest BCUT2D eigenvalue weighted by Crippen LogP contribution is -2.34. The summed E-state index contributed by atoms with van der Waals surface area (Å²) in [6.07, 6.45) is 6.10. The van der Waals surface area contributed by atoms with Gasteiger partial charge in [0, 0.05) is 30.4 Å². The maximum Gasteiger partial charge on any atom is 0.123 e. The molecule has 2 aromatic rings. The molecule has 23 heavy (non-hydrogen) atoms. The van der Waals surface area contributed by atoms with Crippen LogP contribution in [0.15, 0.2) is 30.3 Å². The Labute approximate surface area is 142 Å². The van der Waals surface area contributed by atoms with Crippen molar-refractivity contribution < 1.29 is 4.39 Å². The lowest BCUT2D eigenvalue weighted by Gasteiger charge is -2.33. The van der Waals surface area contributed by atoms with Crippen LogP contribution in [0.1, 0.15) is 43.0 Å². The van der Waals surface area contributed by atoms with E-state index in [2.05, 4.69) is 21.2 Å². The van der Waals surface area contributed by atoms with Gasteiger partial charge in [0.2, 0.25) is 0 Å². The van der Waals surface area contributed by atoms with E-state index in [0.29, 0.717) is 0 Å². The van der Waals surface area contributed by atoms with Crippen LogP contribution in [0.3, 0.4) is 0 Å². The number of aromatic amines is 1. The molecule has 124 valence electrons. The van der Waals surface area contributed by atoms with Crippen molar-refractivity contribution in [3.8, 4) is 0 Å². The number of nitrogens with one attached hydrogen (secondary N) is 1. The second-order valence-corrected chi connectivity index (χ2v) is 6.70. The molecule has 5 heteroatoms. The molecule has 1 aliphatic heterocycles. The molecule has 1 saturated heterocycles. The van der Waals surface area contributed by atoms with Crippen LogP contribution in [0.25, 0.3) is 0 Å². The third kappa shape index (κ3) is 3.86. The topological polar surface area (TPSA) is 31.9 Å². The molecule has 2 heterocycles. The molecule has 0 radical (unpaired) electrons. The van der Waals surface area contributed by atoms with Gasteiger partial charge in [-0.25, -0.2) is 4.39 Å². The van der Waals surface area contributed by atoms with E-state index >= 15 is 0 Å². The summed E-state index contributed by atoms with van der Waals surface area (Å²) >= 11 is 0. The van der Waals surface area contributed by atoms with Gasteiger partial charge in [-0.2, -0.15) is 5.10 Å². The number of hydrogen-bond acceptors (Lipinski definition) is 2. The fourth-order valence-corrected chi connectivity index (χ4v) is 3.43. The minimum Gasteiger partial charge on any atom is -0.372 e. The lowest BCUT2D eigenvalue weighted by atomic mass is 9.92. The Morgan fingerprint density at radius 1 is 1.09 bits per heavy atom. The van der Waals surface area contributed by atoms with E-state index in [1.807, 2.05) is 12.1 Å². The van der Waals surface area contributed by atoms with E-state index in [-0.39, 0.29) is 18.2 Å². The van der Waals surface area contributed by atoms with Gasteiger partial charge in [-0.15, -0.1) is 12.4 Å². The number of hydrogen-bond donors (Lipinski definition) is 1. The molecular formula is C18H23ClFN3. The standard InChI is InChI=1S/C18H22FN3.ClH/c19-15-3-5-17(6-4-15)22-9-7-13(8-10-22)11-16-12-18(21-20-16)14-1-2-14;/h3-6,12-14H,1-2,7-11H2,(H,20,21);1H. The summed E-state index contributed by atoms with van der Waals surface area (Å²) in [5, 5.41) is 7.66. The molecule has 1 saturated carbocycles. The van der Waals surface area contributed by atoms with Crippen LogP contribution >= 0.6 is 12.4 Å². The van der Waals surface area contributed by atoms with E-state index in [4.69, 9.17) is 0 Å². The highest BCUT2D eigenvalue weighted by Gasteiger charge is 2.27. The number of anilines is 1. The summed E-state index contributed by atoms with van der Waals surface area (Å²) in [6, 6.07) is 9.12. The number of piperidine rings is 1. The normalized spacial score (nSPS) is 18.7. The molecule has 1 aliphatic carbocycles. The van der Waals surface area contributed by atoms with E-state index in [9.17, 15) is 4.39 Å². The van der Waals surface area contributed by atoms with Gasteiger partial charge in [-0.3, -0.25) is 5.10 Å². The van der Waals surface area contributed by atoms with Gasteiger partial charge in [0.1, 0.15) is 5.82 Å². The highest BCUT2D eigenvalue weighted by Crippen LogP contribution is 2.39. The van der Waals surface area contributed by atoms with Crippen LogP contribution in [-0.2, 0) is 6.42 Å². The molecule has 0 atom stereocenters. The number of halogens is 2. The number of benzene rings is 1. The van der Waals surface area contributed by atoms with Crippen molar-refractivity contribution in [3.05, 3.63) is 47.5 Å². The Kier molecular flexibility index (Phi) is 4.90. The Hall–Kier alpha value is -1.55. The first-order valence-electron chi connectivity index (χ1n) is 8.32. The number of H-pyrrole nitrogens is 1. The lowest BCUT2D eigenvalue weighted by molar-refractivity contribution is 0.400. The molecule has 3 nitrogen and oxygen atoms in total. The SMILES string of the molecule is Cl.Fc1ccc(N2CCC(Cc3cc(C4CC4)n[nH]3)CC2)cc1. The molecule has 4 rings (SSSR count). The van der Waals surface area contributed by atoms with E-state index in [1.165, 1.54) is 37.1 Å². The number of nitrogens with zero attached hydrogens (tertiary/aromatic N) is 2. The molecular weight excluding hydrogens is 313 g/mol. The summed E-state index contributed by atoms with van der Waals surface area (Å²) in [6.45, 7) is 2.11. The van der Waals surface area contributed by atoms with E-state index in [1.54, 1.807) is 12.1 Å². The van der Waals surface area contributed by atoms with E-state index in [0.717, 1.165) is 37.0 Å². The van der Waals surface area contributed by atoms with Crippen molar-refractivity contribution in [3.63, 3.8) is 0 Å². The predicted octanol–water partition coefficient (Wildman–Crippen LogP) is 4.31. The molecule has 0 spiro atoms. The molecule has 0 amide bonds. The van der Waals surface area contributed by atoms with Crippen LogP contribution < -0.4 is 4.90 Å². The van der Waals surface area contributed by atoms with Gasteiger partial charge in [-0.1, -0.05) is 0 Å². The van der Waals surface area contributed by atoms with Gasteiger partial charge >= 0.3 is 0 Å². The number of rotatable bonds is 4. The second kappa shape index (κ2) is 6.91. The van der Waals surface area contributed by atoms with Crippen molar-refractivity contribution in [2.24, 2.45) is 5.92 Å². The average Bonchev–Trinajstić information content (AvgIpc) is 3.29. The maximum atomic E-state index is 13.0. The quantitative estimate of drug-likeness (QED) is 0.903. The summed E-state index contributed by atoms with van der Waals surface area (Å²) in [5.74, 6) is 1.29. The van der Waals surface area contributed by atoms with Crippen molar-refractivity contribution >= 4 is 18.1 Å². The third-order valence-corrected chi connectivity index (χ3v) is 4.96. The van der Waals surface area contributed by atoms with Crippen LogP contribution in [-0.4, -0.2) is 23.3 Å².